The van der Waals surface area contributed by atoms with E-state index in [9.17, 15) is 9.59 Å². The number of para-hydroxylation sites is 1. The van der Waals surface area contributed by atoms with Crippen LogP contribution < -0.4 is 10.2 Å². The molecule has 27 heavy (non-hydrogen) atoms. The highest BCUT2D eigenvalue weighted by Gasteiger charge is 2.37. The molecule has 1 saturated heterocycles. The monoisotopic (exact) mass is 372 g/mol. The first-order valence-corrected chi connectivity index (χ1v) is 9.54. The first-order valence-electron chi connectivity index (χ1n) is 9.54. The molecule has 2 unspecified atom stereocenters. The minimum atomic E-state index is -0.189. The van der Waals surface area contributed by atoms with Gasteiger partial charge in [-0.05, 0) is 30.9 Å². The van der Waals surface area contributed by atoms with E-state index in [1.54, 1.807) is 0 Å². The van der Waals surface area contributed by atoms with Gasteiger partial charge in [-0.15, -0.1) is 0 Å². The third-order valence-corrected chi connectivity index (χ3v) is 5.30. The van der Waals surface area contributed by atoms with Crippen molar-refractivity contribution in [2.45, 2.75) is 20.3 Å². The topological polar surface area (TPSA) is 74.2 Å². The molecular weight excluding hydrogens is 344 g/mol. The molecule has 2 heterocycles. The number of methoxy groups -OCH3 is 1. The van der Waals surface area contributed by atoms with Crippen LogP contribution in [0.5, 0.6) is 0 Å². The quantitative estimate of drug-likeness (QED) is 0.490. The second-order valence-corrected chi connectivity index (χ2v) is 7.11. The van der Waals surface area contributed by atoms with E-state index in [2.05, 4.69) is 16.4 Å². The summed E-state index contributed by atoms with van der Waals surface area (Å²) in [5, 5.41) is 3.24. The Kier molecular flexibility index (Phi) is 5.98. The molecule has 2 atom stereocenters. The smallest absolute Gasteiger partial charge is 0.310 e. The van der Waals surface area contributed by atoms with Crippen LogP contribution in [0.4, 0.5) is 5.69 Å². The molecule has 1 N–H and O–H groups in total. The van der Waals surface area contributed by atoms with Crippen molar-refractivity contribution in [1.82, 2.24) is 10.2 Å². The van der Waals surface area contributed by atoms with Gasteiger partial charge in [-0.3, -0.25) is 9.59 Å². The van der Waals surface area contributed by atoms with Crippen molar-refractivity contribution in [2.24, 2.45) is 16.8 Å². The zero-order chi connectivity index (χ0) is 19.4. The molecule has 2 aliphatic rings. The molecule has 7 heteroatoms. The second kappa shape index (κ2) is 8.41. The summed E-state index contributed by atoms with van der Waals surface area (Å²) in [5.74, 6) is 0.497. The van der Waals surface area contributed by atoms with Crippen LogP contribution in [0.25, 0.3) is 0 Å². The molecule has 1 amide bonds. The normalized spacial score (nSPS) is 22.0. The lowest BCUT2D eigenvalue weighted by Gasteiger charge is -2.22. The minimum Gasteiger partial charge on any atom is -0.469 e. The molecule has 2 aliphatic heterocycles. The number of nitrogens with one attached hydrogen (secondary N) is 1. The number of hydrogen-bond donors (Lipinski definition) is 1. The molecule has 146 valence electrons. The van der Waals surface area contributed by atoms with Crippen LogP contribution in [0.3, 0.4) is 0 Å². The summed E-state index contributed by atoms with van der Waals surface area (Å²) in [6.45, 7) is 6.79. The number of hydrogen-bond acceptors (Lipinski definition) is 4. The SMILES string of the molecule is CCNC(=NCC(=O)N1CCc2ccccc21)N1CC(C)C(C(=O)OC)C1. The Hall–Kier alpha value is -2.57. The van der Waals surface area contributed by atoms with Crippen molar-refractivity contribution in [3.8, 4) is 0 Å². The van der Waals surface area contributed by atoms with E-state index in [0.717, 1.165) is 12.1 Å². The van der Waals surface area contributed by atoms with Crippen LogP contribution >= 0.6 is 0 Å². The van der Waals surface area contributed by atoms with Crippen LogP contribution in [-0.4, -0.2) is 62.6 Å². The molecule has 0 bridgehead atoms. The van der Waals surface area contributed by atoms with Gasteiger partial charge in [0.1, 0.15) is 6.54 Å². The summed E-state index contributed by atoms with van der Waals surface area (Å²) in [6.07, 6.45) is 0.885. The maximum absolute atomic E-state index is 12.7. The number of fused-ring (bicyclic) bond motifs is 1. The fraction of sp³-hybridized carbons (Fsp3) is 0.550. The van der Waals surface area contributed by atoms with Gasteiger partial charge in [-0.2, -0.15) is 0 Å². The van der Waals surface area contributed by atoms with Gasteiger partial charge in [-0.1, -0.05) is 25.1 Å². The lowest BCUT2D eigenvalue weighted by Crippen LogP contribution is -2.41. The molecule has 0 saturated carbocycles. The Balaban J connectivity index is 1.68. The molecule has 1 fully saturated rings. The number of carbonyl (C=O) groups excluding carboxylic acids is 2. The van der Waals surface area contributed by atoms with Gasteiger partial charge in [0, 0.05) is 31.9 Å². The molecular formula is C20H28N4O3. The lowest BCUT2D eigenvalue weighted by molar-refractivity contribution is -0.146. The van der Waals surface area contributed by atoms with Crippen molar-refractivity contribution in [3.05, 3.63) is 29.8 Å². The Morgan fingerprint density at radius 2 is 2.07 bits per heavy atom. The number of ether oxygens (including phenoxy) is 1. The van der Waals surface area contributed by atoms with Crippen LogP contribution in [0.2, 0.25) is 0 Å². The number of aliphatic imine (C=N–C) groups is 1. The Labute approximate surface area is 160 Å². The Morgan fingerprint density at radius 3 is 2.81 bits per heavy atom. The number of amides is 1. The molecule has 3 rings (SSSR count). The summed E-state index contributed by atoms with van der Waals surface area (Å²) in [7, 11) is 1.42. The minimum absolute atomic E-state index is 0.00730. The number of carbonyl (C=O) groups is 2. The zero-order valence-corrected chi connectivity index (χ0v) is 16.3. The number of guanidine groups is 1. The Morgan fingerprint density at radius 1 is 1.30 bits per heavy atom. The van der Waals surface area contributed by atoms with Gasteiger partial charge in [0.25, 0.3) is 0 Å². The Bertz CT molecular complexity index is 734. The predicted octanol–water partition coefficient (Wildman–Crippen LogP) is 1.28. The number of likely N-dealkylation sites (tertiary alicyclic amines) is 1. The number of esters is 1. The van der Waals surface area contributed by atoms with Gasteiger partial charge in [0.2, 0.25) is 5.91 Å². The van der Waals surface area contributed by atoms with Crippen molar-refractivity contribution < 1.29 is 14.3 Å². The van der Waals surface area contributed by atoms with Crippen LogP contribution in [0, 0.1) is 11.8 Å². The van der Waals surface area contributed by atoms with E-state index < -0.39 is 0 Å². The van der Waals surface area contributed by atoms with Crippen molar-refractivity contribution in [3.63, 3.8) is 0 Å². The largest absolute Gasteiger partial charge is 0.469 e. The van der Waals surface area contributed by atoms with Crippen LogP contribution in [0.15, 0.2) is 29.3 Å². The van der Waals surface area contributed by atoms with Crippen molar-refractivity contribution >= 4 is 23.5 Å². The first-order chi connectivity index (χ1) is 13.0. The van der Waals surface area contributed by atoms with Gasteiger partial charge < -0.3 is 19.9 Å². The molecule has 7 nitrogen and oxygen atoms in total. The van der Waals surface area contributed by atoms with Gasteiger partial charge in [0.15, 0.2) is 5.96 Å². The van der Waals surface area contributed by atoms with Crippen molar-refractivity contribution in [2.75, 3.05) is 44.7 Å². The molecule has 0 radical (unpaired) electrons. The predicted molar refractivity (Wildman–Crippen MR) is 105 cm³/mol. The first kappa shape index (κ1) is 19.2. The number of nitrogens with zero attached hydrogens (tertiary/aromatic N) is 3. The van der Waals surface area contributed by atoms with E-state index in [4.69, 9.17) is 4.74 Å². The highest BCUT2D eigenvalue weighted by Crippen LogP contribution is 2.27. The highest BCUT2D eigenvalue weighted by molar-refractivity contribution is 5.98. The summed E-state index contributed by atoms with van der Waals surface area (Å²) in [5.41, 5.74) is 2.19. The third-order valence-electron chi connectivity index (χ3n) is 5.30. The summed E-state index contributed by atoms with van der Waals surface area (Å²) in [6, 6.07) is 8.00. The fourth-order valence-electron chi connectivity index (χ4n) is 3.85. The van der Waals surface area contributed by atoms with E-state index in [1.165, 1.54) is 12.7 Å². The summed E-state index contributed by atoms with van der Waals surface area (Å²) in [4.78, 5) is 33.1. The fourth-order valence-corrected chi connectivity index (χ4v) is 3.85. The molecule has 0 aliphatic carbocycles. The van der Waals surface area contributed by atoms with Crippen molar-refractivity contribution in [1.29, 1.82) is 0 Å². The van der Waals surface area contributed by atoms with Gasteiger partial charge >= 0.3 is 5.97 Å². The summed E-state index contributed by atoms with van der Waals surface area (Å²) < 4.78 is 4.90. The maximum Gasteiger partial charge on any atom is 0.310 e. The molecule has 1 aromatic rings. The third kappa shape index (κ3) is 4.07. The van der Waals surface area contributed by atoms with E-state index in [0.29, 0.717) is 32.1 Å². The molecule has 0 aromatic heterocycles. The zero-order valence-electron chi connectivity index (χ0n) is 16.3. The average molecular weight is 372 g/mol. The number of rotatable bonds is 4. The number of benzene rings is 1. The highest BCUT2D eigenvalue weighted by atomic mass is 16.5. The average Bonchev–Trinajstić information content (AvgIpc) is 3.28. The summed E-state index contributed by atoms with van der Waals surface area (Å²) >= 11 is 0. The maximum atomic E-state index is 12.7. The molecule has 1 aromatic carbocycles. The molecule has 0 spiro atoms. The van der Waals surface area contributed by atoms with Gasteiger partial charge in [0.05, 0.1) is 13.0 Å². The second-order valence-electron chi connectivity index (χ2n) is 7.11. The van der Waals surface area contributed by atoms with E-state index >= 15 is 0 Å². The standard InChI is InChI=1S/C20H28N4O3/c1-4-21-20(23-12-14(2)16(13-23)19(26)27-3)22-11-18(25)24-10-9-15-7-5-6-8-17(15)24/h5-8,14,16H,4,9-13H2,1-3H3,(H,21,22). The van der Waals surface area contributed by atoms with E-state index in [1.807, 2.05) is 41.8 Å². The van der Waals surface area contributed by atoms with Crippen LogP contribution in [-0.2, 0) is 20.7 Å². The van der Waals surface area contributed by atoms with E-state index in [-0.39, 0.29) is 30.3 Å². The number of anilines is 1. The lowest BCUT2D eigenvalue weighted by atomic mass is 9.99. The van der Waals surface area contributed by atoms with Gasteiger partial charge in [-0.25, -0.2) is 4.99 Å². The van der Waals surface area contributed by atoms with Crippen LogP contribution in [0.1, 0.15) is 19.4 Å².